The second-order valence-corrected chi connectivity index (χ2v) is 6.56. The molecule has 2 aromatic rings. The maximum Gasteiger partial charge on any atom is 0.0946 e. The average Bonchev–Trinajstić information content (AvgIpc) is 2.87. The summed E-state index contributed by atoms with van der Waals surface area (Å²) in [6, 6.07) is 8.31. The quantitative estimate of drug-likeness (QED) is 0.909. The average molecular weight is 292 g/mol. The molecule has 1 unspecified atom stereocenters. The lowest BCUT2D eigenvalue weighted by atomic mass is 9.86. The lowest BCUT2D eigenvalue weighted by molar-refractivity contribution is 0.240. The fourth-order valence-corrected chi connectivity index (χ4v) is 2.33. The van der Waals surface area contributed by atoms with E-state index in [1.54, 1.807) is 0 Å². The van der Waals surface area contributed by atoms with Gasteiger partial charge in [0, 0.05) is 36.5 Å². The lowest BCUT2D eigenvalue weighted by Crippen LogP contribution is -2.43. The minimum atomic E-state index is 0.158. The van der Waals surface area contributed by atoms with Crippen LogP contribution < -0.4 is 5.32 Å². The first-order chi connectivity index (χ1) is 9.47. The molecule has 2 rings (SSSR count). The summed E-state index contributed by atoms with van der Waals surface area (Å²) >= 11 is 6.21. The highest BCUT2D eigenvalue weighted by Crippen LogP contribution is 2.22. The standard InChI is InChI=1S/C16H22ClN3/c1-16(2,3)15(11-20-9-8-18-12-20)19-10-13-6-4-5-7-14(13)17/h4-9,12,15,19H,10-11H2,1-3H3. The number of aromatic nitrogens is 2. The normalized spacial score (nSPS) is 13.4. The summed E-state index contributed by atoms with van der Waals surface area (Å²) in [5, 5.41) is 4.44. The summed E-state index contributed by atoms with van der Waals surface area (Å²) < 4.78 is 2.11. The molecule has 1 aromatic carbocycles. The Morgan fingerprint density at radius 1 is 1.30 bits per heavy atom. The summed E-state index contributed by atoms with van der Waals surface area (Å²) in [6.45, 7) is 8.40. The number of hydrogen-bond acceptors (Lipinski definition) is 2. The van der Waals surface area contributed by atoms with Crippen LogP contribution in [0, 0.1) is 5.41 Å². The second-order valence-electron chi connectivity index (χ2n) is 6.15. The number of imidazole rings is 1. The summed E-state index contributed by atoms with van der Waals surface area (Å²) in [5.74, 6) is 0. The van der Waals surface area contributed by atoms with E-state index in [4.69, 9.17) is 11.6 Å². The molecular formula is C16H22ClN3. The fraction of sp³-hybridized carbons (Fsp3) is 0.438. The fourth-order valence-electron chi connectivity index (χ4n) is 2.13. The van der Waals surface area contributed by atoms with Crippen molar-refractivity contribution >= 4 is 11.6 Å². The molecule has 0 saturated heterocycles. The molecule has 4 heteroatoms. The van der Waals surface area contributed by atoms with Gasteiger partial charge in [-0.2, -0.15) is 0 Å². The SMILES string of the molecule is CC(C)(C)C(Cn1ccnc1)NCc1ccccc1Cl. The van der Waals surface area contributed by atoms with E-state index in [1.165, 1.54) is 0 Å². The predicted molar refractivity (Wildman–Crippen MR) is 83.8 cm³/mol. The molecule has 0 amide bonds. The van der Waals surface area contributed by atoms with Crippen LogP contribution in [-0.2, 0) is 13.1 Å². The first kappa shape index (κ1) is 15.1. The summed E-state index contributed by atoms with van der Waals surface area (Å²) in [6.07, 6.45) is 5.67. The molecule has 1 atom stereocenters. The van der Waals surface area contributed by atoms with Gasteiger partial charge < -0.3 is 9.88 Å². The van der Waals surface area contributed by atoms with E-state index in [0.29, 0.717) is 6.04 Å². The van der Waals surface area contributed by atoms with Gasteiger partial charge in [-0.05, 0) is 17.0 Å². The largest absolute Gasteiger partial charge is 0.336 e. The van der Waals surface area contributed by atoms with Crippen molar-refractivity contribution in [2.45, 2.75) is 39.9 Å². The molecule has 1 heterocycles. The van der Waals surface area contributed by atoms with Crippen molar-refractivity contribution in [1.82, 2.24) is 14.9 Å². The van der Waals surface area contributed by atoms with Crippen LogP contribution in [-0.4, -0.2) is 15.6 Å². The van der Waals surface area contributed by atoms with E-state index in [0.717, 1.165) is 23.7 Å². The number of halogens is 1. The zero-order valence-electron chi connectivity index (χ0n) is 12.3. The van der Waals surface area contributed by atoms with Crippen LogP contribution >= 0.6 is 11.6 Å². The third-order valence-corrected chi connectivity index (χ3v) is 3.86. The third kappa shape index (κ3) is 4.09. The number of rotatable bonds is 5. The number of hydrogen-bond donors (Lipinski definition) is 1. The van der Waals surface area contributed by atoms with Gasteiger partial charge in [0.1, 0.15) is 0 Å². The molecule has 1 aromatic heterocycles. The van der Waals surface area contributed by atoms with E-state index in [1.807, 2.05) is 36.9 Å². The zero-order valence-corrected chi connectivity index (χ0v) is 13.1. The van der Waals surface area contributed by atoms with Crippen LogP contribution in [0.4, 0.5) is 0 Å². The first-order valence-electron chi connectivity index (χ1n) is 6.89. The third-order valence-electron chi connectivity index (χ3n) is 3.49. The van der Waals surface area contributed by atoms with Crippen molar-refractivity contribution < 1.29 is 0 Å². The van der Waals surface area contributed by atoms with E-state index in [-0.39, 0.29) is 5.41 Å². The Labute approximate surface area is 126 Å². The highest BCUT2D eigenvalue weighted by molar-refractivity contribution is 6.31. The molecular weight excluding hydrogens is 270 g/mol. The van der Waals surface area contributed by atoms with E-state index < -0.39 is 0 Å². The van der Waals surface area contributed by atoms with Crippen LogP contribution in [0.2, 0.25) is 5.02 Å². The Balaban J connectivity index is 2.03. The molecule has 3 nitrogen and oxygen atoms in total. The number of nitrogens with zero attached hydrogens (tertiary/aromatic N) is 2. The summed E-state index contributed by atoms with van der Waals surface area (Å²) in [4.78, 5) is 4.10. The molecule has 0 bridgehead atoms. The molecule has 0 aliphatic heterocycles. The zero-order chi connectivity index (χ0) is 14.6. The number of benzene rings is 1. The highest BCUT2D eigenvalue weighted by Gasteiger charge is 2.24. The van der Waals surface area contributed by atoms with Crippen molar-refractivity contribution in [1.29, 1.82) is 0 Å². The van der Waals surface area contributed by atoms with Gasteiger partial charge in [-0.1, -0.05) is 50.6 Å². The Morgan fingerprint density at radius 3 is 2.65 bits per heavy atom. The van der Waals surface area contributed by atoms with Gasteiger partial charge >= 0.3 is 0 Å². The minimum absolute atomic E-state index is 0.158. The first-order valence-corrected chi connectivity index (χ1v) is 7.27. The van der Waals surface area contributed by atoms with Gasteiger partial charge in [0.05, 0.1) is 6.33 Å². The van der Waals surface area contributed by atoms with Crippen molar-refractivity contribution in [2.75, 3.05) is 0 Å². The summed E-state index contributed by atoms with van der Waals surface area (Å²) in [7, 11) is 0. The van der Waals surface area contributed by atoms with Gasteiger partial charge in [0.15, 0.2) is 0 Å². The molecule has 0 radical (unpaired) electrons. The molecule has 0 spiro atoms. The van der Waals surface area contributed by atoms with E-state index in [9.17, 15) is 0 Å². The predicted octanol–water partition coefficient (Wildman–Crippen LogP) is 3.74. The van der Waals surface area contributed by atoms with Gasteiger partial charge in [0.2, 0.25) is 0 Å². The Bertz CT molecular complexity index is 529. The monoisotopic (exact) mass is 291 g/mol. The Hall–Kier alpha value is -1.32. The van der Waals surface area contributed by atoms with Gasteiger partial charge in [0.25, 0.3) is 0 Å². The Morgan fingerprint density at radius 2 is 2.05 bits per heavy atom. The van der Waals surface area contributed by atoms with Crippen molar-refractivity contribution in [2.24, 2.45) is 5.41 Å². The molecule has 0 aliphatic rings. The van der Waals surface area contributed by atoms with Crippen LogP contribution in [0.15, 0.2) is 43.0 Å². The van der Waals surface area contributed by atoms with Crippen molar-refractivity contribution in [3.63, 3.8) is 0 Å². The topological polar surface area (TPSA) is 29.9 Å². The number of nitrogens with one attached hydrogen (secondary N) is 1. The highest BCUT2D eigenvalue weighted by atomic mass is 35.5. The van der Waals surface area contributed by atoms with E-state index >= 15 is 0 Å². The molecule has 108 valence electrons. The minimum Gasteiger partial charge on any atom is -0.336 e. The molecule has 1 N–H and O–H groups in total. The smallest absolute Gasteiger partial charge is 0.0946 e. The van der Waals surface area contributed by atoms with Crippen molar-refractivity contribution in [3.05, 3.63) is 53.6 Å². The van der Waals surface area contributed by atoms with Gasteiger partial charge in [-0.25, -0.2) is 4.98 Å². The van der Waals surface area contributed by atoms with Gasteiger partial charge in [-0.3, -0.25) is 0 Å². The molecule has 20 heavy (non-hydrogen) atoms. The summed E-state index contributed by atoms with van der Waals surface area (Å²) in [5.41, 5.74) is 1.29. The van der Waals surface area contributed by atoms with Crippen LogP contribution in [0.25, 0.3) is 0 Å². The molecule has 0 saturated carbocycles. The Kier molecular flexibility index (Phi) is 4.84. The lowest BCUT2D eigenvalue weighted by Gasteiger charge is -2.32. The maximum absolute atomic E-state index is 6.21. The van der Waals surface area contributed by atoms with Crippen LogP contribution in [0.1, 0.15) is 26.3 Å². The second kappa shape index (κ2) is 6.42. The van der Waals surface area contributed by atoms with Crippen molar-refractivity contribution in [3.8, 4) is 0 Å². The van der Waals surface area contributed by atoms with Crippen LogP contribution in [0.3, 0.4) is 0 Å². The van der Waals surface area contributed by atoms with Gasteiger partial charge in [-0.15, -0.1) is 0 Å². The molecule has 0 fully saturated rings. The molecule has 0 aliphatic carbocycles. The van der Waals surface area contributed by atoms with E-state index in [2.05, 4.69) is 41.7 Å². The maximum atomic E-state index is 6.21. The van der Waals surface area contributed by atoms with Crippen LogP contribution in [0.5, 0.6) is 0 Å².